The zero-order valence-corrected chi connectivity index (χ0v) is 22.7. The minimum absolute atomic E-state index is 0.195. The Morgan fingerprint density at radius 3 is 1.30 bits per heavy atom. The van der Waals surface area contributed by atoms with Gasteiger partial charge in [-0.15, -0.1) is 0 Å². The summed E-state index contributed by atoms with van der Waals surface area (Å²) in [5, 5.41) is 0. The van der Waals surface area contributed by atoms with Crippen molar-refractivity contribution in [3.8, 4) is 0 Å². The number of alkyl halides is 1. The summed E-state index contributed by atoms with van der Waals surface area (Å²) in [6, 6.07) is 39.9. The van der Waals surface area contributed by atoms with Crippen molar-refractivity contribution in [2.75, 3.05) is 6.61 Å². The monoisotopic (exact) mass is 540 g/mol. The van der Waals surface area contributed by atoms with E-state index >= 15 is 4.39 Å². The van der Waals surface area contributed by atoms with Crippen molar-refractivity contribution < 1.29 is 23.3 Å². The minimum Gasteiger partial charge on any atom is -0.376 e. The van der Waals surface area contributed by atoms with Crippen molar-refractivity contribution in [2.24, 2.45) is 5.92 Å². The summed E-state index contributed by atoms with van der Waals surface area (Å²) in [5.74, 6) is -0.195. The van der Waals surface area contributed by atoms with E-state index in [0.717, 1.165) is 22.3 Å². The minimum atomic E-state index is -1.22. The lowest BCUT2D eigenvalue weighted by atomic mass is 9.81. The molecule has 1 aliphatic carbocycles. The maximum absolute atomic E-state index is 15.9. The van der Waals surface area contributed by atoms with E-state index in [-0.39, 0.29) is 12.3 Å². The molecule has 4 aromatic carbocycles. The van der Waals surface area contributed by atoms with Crippen molar-refractivity contribution in [3.05, 3.63) is 144 Å². The maximum atomic E-state index is 15.9. The van der Waals surface area contributed by atoms with Gasteiger partial charge >= 0.3 is 0 Å². The summed E-state index contributed by atoms with van der Waals surface area (Å²) in [6.07, 6.45) is -2.73. The molecule has 0 bridgehead atoms. The quantitative estimate of drug-likeness (QED) is 0.178. The lowest BCUT2D eigenvalue weighted by Gasteiger charge is -2.44. The average molecular weight is 541 g/mol. The van der Waals surface area contributed by atoms with Crippen molar-refractivity contribution in [3.63, 3.8) is 0 Å². The third-order valence-electron chi connectivity index (χ3n) is 7.30. The normalized spacial score (nSPS) is 22.7. The van der Waals surface area contributed by atoms with Crippen LogP contribution in [0.25, 0.3) is 0 Å². The Kier molecular flexibility index (Phi) is 10.5. The highest BCUT2D eigenvalue weighted by Gasteiger charge is 2.47. The smallest absolute Gasteiger partial charge is 0.129 e. The molecule has 0 N–H and O–H groups in total. The van der Waals surface area contributed by atoms with Gasteiger partial charge in [0.25, 0.3) is 0 Å². The molecule has 0 aromatic heterocycles. The topological polar surface area (TPSA) is 36.9 Å². The Bertz CT molecular complexity index is 1240. The van der Waals surface area contributed by atoms with Gasteiger partial charge in [-0.3, -0.25) is 0 Å². The molecule has 208 valence electrons. The summed E-state index contributed by atoms with van der Waals surface area (Å²) < 4.78 is 41.4. The summed E-state index contributed by atoms with van der Waals surface area (Å²) in [4.78, 5) is 0. The van der Waals surface area contributed by atoms with E-state index in [9.17, 15) is 0 Å². The van der Waals surface area contributed by atoms with E-state index in [4.69, 9.17) is 18.9 Å². The second-order valence-electron chi connectivity index (χ2n) is 10.3. The van der Waals surface area contributed by atoms with E-state index < -0.39 is 24.5 Å². The first-order valence-electron chi connectivity index (χ1n) is 14.0. The van der Waals surface area contributed by atoms with Crippen LogP contribution in [-0.4, -0.2) is 31.1 Å². The van der Waals surface area contributed by atoms with E-state index in [2.05, 4.69) is 0 Å². The van der Waals surface area contributed by atoms with Crippen molar-refractivity contribution in [1.29, 1.82) is 0 Å². The SMILES string of the molecule is FC1CC(COCc2ccccc2)C(OCc2ccccc2)C(OCc2ccccc2)C1OCc1ccccc1. The molecular weight excluding hydrogens is 503 g/mol. The molecule has 1 aliphatic rings. The van der Waals surface area contributed by atoms with Crippen LogP contribution in [-0.2, 0) is 45.4 Å². The van der Waals surface area contributed by atoms with Crippen LogP contribution in [0.3, 0.4) is 0 Å². The number of rotatable bonds is 13. The second-order valence-corrected chi connectivity index (χ2v) is 10.3. The van der Waals surface area contributed by atoms with Crippen molar-refractivity contribution in [1.82, 2.24) is 0 Å². The van der Waals surface area contributed by atoms with E-state index in [1.807, 2.05) is 121 Å². The molecule has 5 rings (SSSR count). The van der Waals surface area contributed by atoms with E-state index in [0.29, 0.717) is 33.0 Å². The standard InChI is InChI=1S/C35H37FO4/c36-32-21-31(26-37-22-27-13-5-1-6-14-27)33(38-23-28-15-7-2-8-16-28)35(40-25-30-19-11-4-12-20-30)34(32)39-24-29-17-9-3-10-18-29/h1-20,31-35H,21-26H2. The van der Waals surface area contributed by atoms with Gasteiger partial charge in [0.05, 0.1) is 39.1 Å². The van der Waals surface area contributed by atoms with Crippen LogP contribution in [0.4, 0.5) is 4.39 Å². The van der Waals surface area contributed by atoms with Gasteiger partial charge in [-0.05, 0) is 28.7 Å². The number of hydrogen-bond acceptors (Lipinski definition) is 4. The van der Waals surface area contributed by atoms with Gasteiger partial charge in [0.15, 0.2) is 0 Å². The number of ether oxygens (including phenoxy) is 4. The number of benzene rings is 4. The molecule has 1 fully saturated rings. The molecule has 5 atom stereocenters. The summed E-state index contributed by atoms with van der Waals surface area (Å²) in [7, 11) is 0. The molecule has 0 spiro atoms. The zero-order valence-electron chi connectivity index (χ0n) is 22.7. The van der Waals surface area contributed by atoms with Crippen LogP contribution in [0, 0.1) is 5.92 Å². The highest BCUT2D eigenvalue weighted by Crippen LogP contribution is 2.35. The molecule has 4 nitrogen and oxygen atoms in total. The molecule has 40 heavy (non-hydrogen) atoms. The Labute approximate surface area is 236 Å². The number of hydrogen-bond donors (Lipinski definition) is 0. The van der Waals surface area contributed by atoms with Crippen LogP contribution in [0.1, 0.15) is 28.7 Å². The molecular formula is C35H37FO4. The first-order chi connectivity index (χ1) is 19.8. The van der Waals surface area contributed by atoms with E-state index in [1.165, 1.54) is 0 Å². The van der Waals surface area contributed by atoms with Gasteiger partial charge in [0, 0.05) is 5.92 Å². The largest absolute Gasteiger partial charge is 0.376 e. The Hall–Kier alpha value is -3.35. The van der Waals surface area contributed by atoms with Gasteiger partial charge in [0.2, 0.25) is 0 Å². The molecule has 1 saturated carbocycles. The van der Waals surface area contributed by atoms with Gasteiger partial charge in [-0.2, -0.15) is 0 Å². The first-order valence-corrected chi connectivity index (χ1v) is 14.0. The van der Waals surface area contributed by atoms with Crippen LogP contribution in [0.2, 0.25) is 0 Å². The summed E-state index contributed by atoms with van der Waals surface area (Å²) in [6.45, 7) is 1.87. The average Bonchev–Trinajstić information content (AvgIpc) is 3.01. The maximum Gasteiger partial charge on any atom is 0.129 e. The van der Waals surface area contributed by atoms with E-state index in [1.54, 1.807) is 0 Å². The Morgan fingerprint density at radius 1 is 0.475 bits per heavy atom. The summed E-state index contributed by atoms with van der Waals surface area (Å²) >= 11 is 0. The molecule has 0 saturated heterocycles. The van der Waals surface area contributed by atoms with Crippen LogP contribution in [0.5, 0.6) is 0 Å². The van der Waals surface area contributed by atoms with Crippen molar-refractivity contribution in [2.45, 2.75) is 57.3 Å². The molecule has 5 heteroatoms. The van der Waals surface area contributed by atoms with Gasteiger partial charge in [-0.25, -0.2) is 4.39 Å². The molecule has 0 heterocycles. The molecule has 0 amide bonds. The lowest BCUT2D eigenvalue weighted by Crippen LogP contribution is -2.56. The molecule has 0 aliphatic heterocycles. The van der Waals surface area contributed by atoms with Crippen LogP contribution >= 0.6 is 0 Å². The second kappa shape index (κ2) is 14.9. The Morgan fingerprint density at radius 2 is 0.850 bits per heavy atom. The lowest BCUT2D eigenvalue weighted by molar-refractivity contribution is -0.213. The predicted octanol–water partition coefficient (Wildman–Crippen LogP) is 7.32. The third kappa shape index (κ3) is 8.09. The zero-order chi connectivity index (χ0) is 27.4. The number of halogens is 1. The fraction of sp³-hybridized carbons (Fsp3) is 0.314. The van der Waals surface area contributed by atoms with Gasteiger partial charge in [0.1, 0.15) is 18.4 Å². The molecule has 4 aromatic rings. The highest BCUT2D eigenvalue weighted by atomic mass is 19.1. The van der Waals surface area contributed by atoms with Gasteiger partial charge < -0.3 is 18.9 Å². The predicted molar refractivity (Wildman–Crippen MR) is 154 cm³/mol. The molecule has 0 radical (unpaired) electrons. The van der Waals surface area contributed by atoms with Crippen molar-refractivity contribution >= 4 is 0 Å². The van der Waals surface area contributed by atoms with Gasteiger partial charge in [-0.1, -0.05) is 121 Å². The summed E-state index contributed by atoms with van der Waals surface area (Å²) in [5.41, 5.74) is 4.14. The fourth-order valence-electron chi connectivity index (χ4n) is 5.20. The third-order valence-corrected chi connectivity index (χ3v) is 7.30. The fourth-order valence-corrected chi connectivity index (χ4v) is 5.20. The van der Waals surface area contributed by atoms with Crippen LogP contribution in [0.15, 0.2) is 121 Å². The Balaban J connectivity index is 1.36. The first kappa shape index (κ1) is 28.2. The highest BCUT2D eigenvalue weighted by molar-refractivity contribution is 5.16. The van der Waals surface area contributed by atoms with Crippen LogP contribution < -0.4 is 0 Å². The molecule has 5 unspecified atom stereocenters.